The number of carbonyl (C=O) groups is 1. The van der Waals surface area contributed by atoms with Crippen molar-refractivity contribution in [2.75, 3.05) is 13.7 Å². The molecule has 0 unspecified atom stereocenters. The van der Waals surface area contributed by atoms with Crippen molar-refractivity contribution in [2.45, 2.75) is 56.5 Å². The minimum Gasteiger partial charge on any atom is -0.741 e. The zero-order chi connectivity index (χ0) is 41.6. The normalized spacial score (nSPS) is 16.8. The number of nitrogens with zero attached hydrogens (tertiary/aromatic N) is 1. The number of carbonyl (C=O) groups excluding carboxylic acids is 1. The smallest absolute Gasteiger partial charge is 0.534 e. The first-order valence-corrected chi connectivity index (χ1v) is 19.8. The molecule has 300 valence electrons. The molecule has 0 aromatic heterocycles. The van der Waals surface area contributed by atoms with Gasteiger partial charge < -0.3 is 18.2 Å². The number of ether oxygens (including phenoxy) is 2. The van der Waals surface area contributed by atoms with Crippen LogP contribution < -0.4 is 8.92 Å². The van der Waals surface area contributed by atoms with Crippen molar-refractivity contribution in [2.24, 2.45) is 0 Å². The minimum absolute atomic E-state index is 0.0189. The topological polar surface area (TPSA) is 139 Å². The van der Waals surface area contributed by atoms with Gasteiger partial charge in [-0.3, -0.25) is 0 Å². The van der Waals surface area contributed by atoms with Gasteiger partial charge in [0, 0.05) is 40.5 Å². The van der Waals surface area contributed by atoms with E-state index in [1.165, 1.54) is 11.6 Å². The predicted octanol–water partition coefficient (Wildman–Crippen LogP) is 8.69. The molecule has 10 nitrogen and oxygen atoms in total. The molecule has 0 fully saturated rings. The molecule has 6 rings (SSSR count). The van der Waals surface area contributed by atoms with Crippen LogP contribution in [0.5, 0.6) is 11.5 Å². The van der Waals surface area contributed by atoms with Crippen molar-refractivity contribution < 1.29 is 70.8 Å². The van der Waals surface area contributed by atoms with Gasteiger partial charge in [0.05, 0.1) is 22.6 Å². The summed E-state index contributed by atoms with van der Waals surface area (Å²) < 4.78 is 141. The fourth-order valence-corrected chi connectivity index (χ4v) is 7.31. The fourth-order valence-electron chi connectivity index (χ4n) is 6.59. The summed E-state index contributed by atoms with van der Waals surface area (Å²) in [6.07, 6.45) is 5.96. The highest BCUT2D eigenvalue weighted by Crippen LogP contribution is 2.50. The summed E-state index contributed by atoms with van der Waals surface area (Å²) in [5, 5.41) is -0.386. The number of benzene rings is 3. The third kappa shape index (κ3) is 8.24. The molecule has 2 heterocycles. The van der Waals surface area contributed by atoms with E-state index in [9.17, 15) is 39.6 Å². The second-order valence-corrected chi connectivity index (χ2v) is 16.3. The van der Waals surface area contributed by atoms with Gasteiger partial charge >= 0.3 is 27.1 Å². The number of para-hydroxylation sites is 1. The molecule has 0 radical (unpaired) electrons. The van der Waals surface area contributed by atoms with Gasteiger partial charge in [-0.05, 0) is 69.4 Å². The van der Waals surface area contributed by atoms with Crippen LogP contribution in [0, 0.1) is 0 Å². The zero-order valence-electron chi connectivity index (χ0n) is 29.8. The molecule has 0 saturated carbocycles. The fraction of sp³-hybridized carbons (Fsp3) is 0.297. The molecular weight excluding hydrogens is 816 g/mol. The van der Waals surface area contributed by atoms with Crippen LogP contribution >= 0.6 is 11.6 Å². The van der Waals surface area contributed by atoms with Crippen molar-refractivity contribution >= 4 is 54.8 Å². The molecule has 2 aliphatic heterocycles. The number of hydrogen-bond donors (Lipinski definition) is 0. The van der Waals surface area contributed by atoms with Crippen molar-refractivity contribution in [1.29, 1.82) is 0 Å². The molecule has 3 aliphatic rings. The highest BCUT2D eigenvalue weighted by Gasteiger charge is 2.49. The lowest BCUT2D eigenvalue weighted by Gasteiger charge is -2.31. The Morgan fingerprint density at radius 1 is 0.946 bits per heavy atom. The van der Waals surface area contributed by atoms with Crippen LogP contribution in [0.2, 0.25) is 5.02 Å². The Kier molecular flexibility index (Phi) is 11.7. The van der Waals surface area contributed by atoms with Gasteiger partial charge in [-0.25, -0.2) is 13.2 Å². The van der Waals surface area contributed by atoms with E-state index >= 15 is 0 Å². The van der Waals surface area contributed by atoms with E-state index in [-0.39, 0.29) is 28.4 Å². The summed E-state index contributed by atoms with van der Waals surface area (Å²) in [5.41, 5.74) is -4.97. The van der Waals surface area contributed by atoms with E-state index in [1.54, 1.807) is 31.2 Å². The number of allylic oxidation sites excluding steroid dienone is 4. The Bertz CT molecular complexity index is 2450. The van der Waals surface area contributed by atoms with Crippen molar-refractivity contribution in [3.63, 3.8) is 0 Å². The molecule has 0 N–H and O–H groups in total. The van der Waals surface area contributed by atoms with Crippen LogP contribution in [0.25, 0.3) is 5.57 Å². The molecule has 56 heavy (non-hydrogen) atoms. The number of rotatable bonds is 7. The van der Waals surface area contributed by atoms with E-state index in [0.29, 0.717) is 35.3 Å². The molecule has 1 aliphatic carbocycles. The molecular formula is C37H32ClF6NO9S2. The molecule has 0 bridgehead atoms. The lowest BCUT2D eigenvalue weighted by Crippen LogP contribution is -2.28. The molecule has 0 amide bonds. The Morgan fingerprint density at radius 2 is 1.57 bits per heavy atom. The van der Waals surface area contributed by atoms with Gasteiger partial charge in [0.1, 0.15) is 18.6 Å². The maximum Gasteiger partial charge on any atom is 0.534 e. The average Bonchev–Trinajstić information content (AvgIpc) is 3.29. The Labute approximate surface area is 323 Å². The Morgan fingerprint density at radius 3 is 2.18 bits per heavy atom. The van der Waals surface area contributed by atoms with E-state index in [4.69, 9.17) is 34.0 Å². The lowest BCUT2D eigenvalue weighted by atomic mass is 9.80. The second-order valence-electron chi connectivity index (χ2n) is 13.0. The third-order valence-electron chi connectivity index (χ3n) is 9.10. The largest absolute Gasteiger partial charge is 0.741 e. The number of fused-ring (bicyclic) bond motifs is 3. The minimum atomic E-state index is -6.09. The molecule has 0 atom stereocenters. The maximum atomic E-state index is 13.3. The quantitative estimate of drug-likeness (QED) is 0.0571. The van der Waals surface area contributed by atoms with E-state index in [1.807, 2.05) is 31.3 Å². The SMILES string of the molecule is CCOC(=O)c1ccccc1C1=C2CCCC(/C=C/C3=[N+](C)c4ccccc4C3(C)C)=C2Oc2cc(OS(=O)(=O)C(F)(F)F)c(Cl)cc21.O=S(=O)([O-])C(F)(F)F. The summed E-state index contributed by atoms with van der Waals surface area (Å²) in [5.74, 6) is -0.821. The first kappa shape index (κ1) is 42.5. The summed E-state index contributed by atoms with van der Waals surface area (Å²) >= 11 is 6.37. The third-order valence-corrected chi connectivity index (χ3v) is 10.9. The summed E-state index contributed by atoms with van der Waals surface area (Å²) in [4.78, 5) is 13.1. The van der Waals surface area contributed by atoms with Crippen LogP contribution in [0.3, 0.4) is 0 Å². The highest BCUT2D eigenvalue weighted by atomic mass is 35.5. The van der Waals surface area contributed by atoms with Crippen LogP contribution in [0.15, 0.2) is 89.7 Å². The van der Waals surface area contributed by atoms with Gasteiger partial charge in [-0.2, -0.15) is 39.3 Å². The number of halogens is 7. The van der Waals surface area contributed by atoms with Crippen LogP contribution in [-0.2, 0) is 30.4 Å². The number of esters is 1. The molecule has 0 spiro atoms. The number of hydrogen-bond acceptors (Lipinski definition) is 9. The number of alkyl halides is 6. The van der Waals surface area contributed by atoms with Gasteiger partial charge in [-0.1, -0.05) is 48.0 Å². The lowest BCUT2D eigenvalue weighted by molar-refractivity contribution is -0.401. The molecule has 3 aromatic carbocycles. The summed E-state index contributed by atoms with van der Waals surface area (Å²) in [6, 6.07) is 17.4. The maximum absolute atomic E-state index is 13.3. The van der Waals surface area contributed by atoms with Crippen LogP contribution in [0.1, 0.15) is 67.1 Å². The molecule has 0 saturated heterocycles. The monoisotopic (exact) mass is 847 g/mol. The van der Waals surface area contributed by atoms with Gasteiger partial charge in [-0.15, -0.1) is 0 Å². The van der Waals surface area contributed by atoms with Crippen molar-refractivity contribution in [1.82, 2.24) is 0 Å². The summed E-state index contributed by atoms with van der Waals surface area (Å²) in [7, 11) is -10.1. The van der Waals surface area contributed by atoms with E-state index < -0.39 is 43.0 Å². The van der Waals surface area contributed by atoms with E-state index in [2.05, 4.69) is 34.7 Å². The Hall–Kier alpha value is -4.65. The van der Waals surface area contributed by atoms with Gasteiger partial charge in [0.2, 0.25) is 5.69 Å². The standard InChI is InChI=1S/C36H32ClF3NO6S.CHF3O3S/c1-5-45-34(42)23-13-7-6-12-22(23)32-24-14-10-11-21(17-18-31-35(2,3)26-15-8-9-16-28(26)41(31)4)33(24)46-29-20-30(27(37)19-25(29)32)47-48(43,44)36(38,39)40;2-1(3,4)8(5,6)7/h6-9,12-13,15-20H,5,10-11,14H2,1-4H3;(H,5,6,7)/q+1;/p-1/b18-17+;. The first-order valence-electron chi connectivity index (χ1n) is 16.6. The van der Waals surface area contributed by atoms with Crippen LogP contribution in [0.4, 0.5) is 32.0 Å². The summed E-state index contributed by atoms with van der Waals surface area (Å²) in [6.45, 7) is 6.14. The molecule has 3 aromatic rings. The van der Waals surface area contributed by atoms with Crippen LogP contribution in [-0.4, -0.2) is 62.3 Å². The van der Waals surface area contributed by atoms with Crippen molar-refractivity contribution in [3.8, 4) is 11.5 Å². The average molecular weight is 848 g/mol. The predicted molar refractivity (Wildman–Crippen MR) is 192 cm³/mol. The second kappa shape index (κ2) is 15.4. The molecule has 19 heteroatoms. The Balaban J connectivity index is 0.000000677. The van der Waals surface area contributed by atoms with Gasteiger partial charge in [0.25, 0.3) is 0 Å². The van der Waals surface area contributed by atoms with Gasteiger partial charge in [0.15, 0.2) is 21.6 Å². The van der Waals surface area contributed by atoms with Crippen molar-refractivity contribution in [3.05, 3.63) is 117 Å². The zero-order valence-corrected chi connectivity index (χ0v) is 32.2. The van der Waals surface area contributed by atoms with E-state index in [0.717, 1.165) is 35.0 Å². The highest BCUT2D eigenvalue weighted by molar-refractivity contribution is 7.88. The first-order chi connectivity index (χ1) is 25.9.